The van der Waals surface area contributed by atoms with Gasteiger partial charge in [0.1, 0.15) is 11.8 Å². The molecule has 0 aliphatic rings. The number of nitrogens with one attached hydrogen (secondary N) is 2. The number of nitrogens with zero attached hydrogens (tertiary/aromatic N) is 1. The molecule has 0 aliphatic carbocycles. The number of ether oxygens (including phenoxy) is 1. The Kier molecular flexibility index (Phi) is 5.57. The molecule has 0 aliphatic heterocycles. The van der Waals surface area contributed by atoms with Crippen molar-refractivity contribution in [1.82, 2.24) is 10.6 Å². The summed E-state index contributed by atoms with van der Waals surface area (Å²) in [5.74, 6) is 0.628. The van der Waals surface area contributed by atoms with E-state index in [1.165, 1.54) is 0 Å². The van der Waals surface area contributed by atoms with Gasteiger partial charge in [-0.2, -0.15) is 5.26 Å². The van der Waals surface area contributed by atoms with Gasteiger partial charge in [-0.3, -0.25) is 0 Å². The van der Waals surface area contributed by atoms with Crippen molar-refractivity contribution in [3.05, 3.63) is 59.5 Å². The number of urea groups is 1. The number of hydrogen-bond donors (Lipinski definition) is 2. The third kappa shape index (κ3) is 4.36. The van der Waals surface area contributed by atoms with Crippen LogP contribution in [0.2, 0.25) is 0 Å². The van der Waals surface area contributed by atoms with Crippen molar-refractivity contribution >= 4 is 6.03 Å². The van der Waals surface area contributed by atoms with E-state index in [0.717, 1.165) is 5.56 Å². The maximum atomic E-state index is 12.0. The zero-order chi connectivity index (χ0) is 15.8. The Labute approximate surface area is 128 Å². The van der Waals surface area contributed by atoms with Gasteiger partial charge in [0.05, 0.1) is 24.5 Å². The summed E-state index contributed by atoms with van der Waals surface area (Å²) in [7, 11) is 1.56. The average Bonchev–Trinajstić information content (AvgIpc) is 3.07. The van der Waals surface area contributed by atoms with Gasteiger partial charge < -0.3 is 19.8 Å². The first-order chi connectivity index (χ1) is 10.7. The zero-order valence-electron chi connectivity index (χ0n) is 12.2. The fourth-order valence-corrected chi connectivity index (χ4v) is 1.99. The Morgan fingerprint density at radius 3 is 2.95 bits per heavy atom. The van der Waals surface area contributed by atoms with Crippen LogP contribution in [-0.2, 0) is 11.3 Å². The number of furan rings is 1. The molecule has 0 saturated heterocycles. The van der Waals surface area contributed by atoms with Crippen molar-refractivity contribution in [3.63, 3.8) is 0 Å². The molecular weight excluding hydrogens is 282 g/mol. The molecule has 6 nitrogen and oxygen atoms in total. The van der Waals surface area contributed by atoms with Crippen molar-refractivity contribution in [2.45, 2.75) is 12.6 Å². The highest BCUT2D eigenvalue weighted by molar-refractivity contribution is 5.74. The Bertz CT molecular complexity index is 647. The number of hydrogen-bond acceptors (Lipinski definition) is 4. The van der Waals surface area contributed by atoms with Crippen LogP contribution < -0.4 is 10.6 Å². The third-order valence-corrected chi connectivity index (χ3v) is 3.03. The van der Waals surface area contributed by atoms with E-state index in [2.05, 4.69) is 16.7 Å². The van der Waals surface area contributed by atoms with E-state index in [4.69, 9.17) is 14.4 Å². The minimum Gasteiger partial charge on any atom is -0.467 e. The van der Waals surface area contributed by atoms with Crippen LogP contribution in [0.15, 0.2) is 47.1 Å². The first-order valence-electron chi connectivity index (χ1n) is 6.78. The highest BCUT2D eigenvalue weighted by atomic mass is 16.5. The van der Waals surface area contributed by atoms with Gasteiger partial charge in [0.25, 0.3) is 0 Å². The van der Waals surface area contributed by atoms with Gasteiger partial charge >= 0.3 is 6.03 Å². The lowest BCUT2D eigenvalue weighted by molar-refractivity contribution is 0.157. The molecule has 1 heterocycles. The lowest BCUT2D eigenvalue weighted by atomic mass is 10.1. The summed E-state index contributed by atoms with van der Waals surface area (Å²) < 4.78 is 10.4. The molecule has 1 atom stereocenters. The summed E-state index contributed by atoms with van der Waals surface area (Å²) >= 11 is 0. The van der Waals surface area contributed by atoms with Crippen molar-refractivity contribution in [3.8, 4) is 6.07 Å². The monoisotopic (exact) mass is 299 g/mol. The van der Waals surface area contributed by atoms with Crippen LogP contribution in [0.25, 0.3) is 0 Å². The van der Waals surface area contributed by atoms with Gasteiger partial charge in [-0.05, 0) is 29.8 Å². The van der Waals surface area contributed by atoms with Crippen molar-refractivity contribution < 1.29 is 13.9 Å². The minimum atomic E-state index is -0.356. The summed E-state index contributed by atoms with van der Waals surface area (Å²) in [5.41, 5.74) is 1.42. The van der Waals surface area contributed by atoms with E-state index >= 15 is 0 Å². The van der Waals surface area contributed by atoms with E-state index in [9.17, 15) is 4.79 Å². The summed E-state index contributed by atoms with van der Waals surface area (Å²) in [6, 6.07) is 12.0. The number of benzene rings is 1. The predicted molar refractivity (Wildman–Crippen MR) is 79.9 cm³/mol. The lowest BCUT2D eigenvalue weighted by Gasteiger charge is -2.16. The summed E-state index contributed by atoms with van der Waals surface area (Å²) in [6.07, 6.45) is 1.55. The predicted octanol–water partition coefficient (Wildman–Crippen LogP) is 2.34. The van der Waals surface area contributed by atoms with Crippen LogP contribution in [0.4, 0.5) is 4.79 Å². The van der Waals surface area contributed by atoms with Gasteiger partial charge in [-0.25, -0.2) is 4.79 Å². The average molecular weight is 299 g/mol. The third-order valence-electron chi connectivity index (χ3n) is 3.03. The molecule has 2 rings (SSSR count). The van der Waals surface area contributed by atoms with E-state index in [0.29, 0.717) is 24.5 Å². The highest BCUT2D eigenvalue weighted by Crippen LogP contribution is 2.13. The molecule has 0 saturated carbocycles. The SMILES string of the molecule is COCC(NC(=O)NCc1cccc(C#N)c1)c1ccco1. The molecule has 2 N–H and O–H groups in total. The van der Waals surface area contributed by atoms with Crippen LogP contribution in [-0.4, -0.2) is 19.7 Å². The van der Waals surface area contributed by atoms with Crippen LogP contribution in [0.1, 0.15) is 22.9 Å². The maximum absolute atomic E-state index is 12.0. The molecule has 1 aromatic heterocycles. The number of carbonyl (C=O) groups is 1. The summed E-state index contributed by atoms with van der Waals surface area (Å²) in [4.78, 5) is 12.0. The van der Waals surface area contributed by atoms with Gasteiger partial charge in [-0.15, -0.1) is 0 Å². The van der Waals surface area contributed by atoms with Gasteiger partial charge in [0, 0.05) is 13.7 Å². The summed E-state index contributed by atoms with van der Waals surface area (Å²) in [6.45, 7) is 0.643. The zero-order valence-corrected chi connectivity index (χ0v) is 12.2. The normalized spacial score (nSPS) is 11.5. The quantitative estimate of drug-likeness (QED) is 0.857. The molecule has 22 heavy (non-hydrogen) atoms. The standard InChI is InChI=1S/C16H17N3O3/c1-21-11-14(15-6-3-7-22-15)19-16(20)18-10-13-5-2-4-12(8-13)9-17/h2-8,14H,10-11H2,1H3,(H2,18,19,20). The van der Waals surface area contributed by atoms with Crippen LogP contribution in [0.3, 0.4) is 0 Å². The van der Waals surface area contributed by atoms with Gasteiger partial charge in [0.2, 0.25) is 0 Å². The Balaban J connectivity index is 1.90. The number of methoxy groups -OCH3 is 1. The molecule has 1 aromatic carbocycles. The van der Waals surface area contributed by atoms with Crippen molar-refractivity contribution in [2.75, 3.05) is 13.7 Å². The molecule has 6 heteroatoms. The second-order valence-corrected chi connectivity index (χ2v) is 4.66. The van der Waals surface area contributed by atoms with Gasteiger partial charge in [-0.1, -0.05) is 12.1 Å². The first kappa shape index (κ1) is 15.6. The molecule has 0 spiro atoms. The second-order valence-electron chi connectivity index (χ2n) is 4.66. The number of nitriles is 1. The molecule has 1 unspecified atom stereocenters. The Morgan fingerprint density at radius 1 is 1.41 bits per heavy atom. The molecule has 0 fully saturated rings. The minimum absolute atomic E-state index is 0.310. The molecule has 2 amide bonds. The van der Waals surface area contributed by atoms with E-state index < -0.39 is 0 Å². The number of amides is 2. The summed E-state index contributed by atoms with van der Waals surface area (Å²) in [5, 5.41) is 14.4. The van der Waals surface area contributed by atoms with Crippen LogP contribution >= 0.6 is 0 Å². The van der Waals surface area contributed by atoms with Gasteiger partial charge in [0.15, 0.2) is 0 Å². The number of rotatable bonds is 6. The molecule has 0 radical (unpaired) electrons. The van der Waals surface area contributed by atoms with E-state index in [1.807, 2.05) is 6.07 Å². The topological polar surface area (TPSA) is 87.3 Å². The van der Waals surface area contributed by atoms with Crippen molar-refractivity contribution in [2.24, 2.45) is 0 Å². The van der Waals surface area contributed by atoms with Crippen LogP contribution in [0, 0.1) is 11.3 Å². The highest BCUT2D eigenvalue weighted by Gasteiger charge is 2.16. The lowest BCUT2D eigenvalue weighted by Crippen LogP contribution is -2.39. The fourth-order valence-electron chi connectivity index (χ4n) is 1.99. The maximum Gasteiger partial charge on any atom is 0.315 e. The molecular formula is C16H17N3O3. The largest absolute Gasteiger partial charge is 0.467 e. The van der Waals surface area contributed by atoms with Crippen molar-refractivity contribution in [1.29, 1.82) is 5.26 Å². The number of carbonyl (C=O) groups excluding carboxylic acids is 1. The smallest absolute Gasteiger partial charge is 0.315 e. The molecule has 114 valence electrons. The van der Waals surface area contributed by atoms with E-state index in [1.54, 1.807) is 43.7 Å². The second kappa shape index (κ2) is 7.86. The molecule has 2 aromatic rings. The molecule has 0 bridgehead atoms. The fraction of sp³-hybridized carbons (Fsp3) is 0.250. The first-order valence-corrected chi connectivity index (χ1v) is 6.78. The van der Waals surface area contributed by atoms with Crippen LogP contribution in [0.5, 0.6) is 0 Å². The Hall–Kier alpha value is -2.78. The Morgan fingerprint density at radius 2 is 2.27 bits per heavy atom. The van der Waals surface area contributed by atoms with E-state index in [-0.39, 0.29) is 12.1 Å².